The molecule has 2 aromatic heterocycles. The number of carbonyl (C=O) groups is 1. The van der Waals surface area contributed by atoms with Gasteiger partial charge in [0.25, 0.3) is 0 Å². The average molecular weight is 412 g/mol. The van der Waals surface area contributed by atoms with Gasteiger partial charge in [-0.15, -0.1) is 0 Å². The molecule has 8 heteroatoms. The Morgan fingerprint density at radius 3 is 2.60 bits per heavy atom. The summed E-state index contributed by atoms with van der Waals surface area (Å²) in [6, 6.07) is 12.0. The van der Waals surface area contributed by atoms with Gasteiger partial charge < -0.3 is 10.3 Å². The fourth-order valence-electron chi connectivity index (χ4n) is 3.25. The van der Waals surface area contributed by atoms with Crippen LogP contribution in [0.2, 0.25) is 0 Å². The largest absolute Gasteiger partial charge is 0.393 e. The Labute approximate surface area is 170 Å². The van der Waals surface area contributed by atoms with E-state index in [-0.39, 0.29) is 11.5 Å². The van der Waals surface area contributed by atoms with E-state index in [2.05, 4.69) is 15.4 Å². The average Bonchev–Trinajstić information content (AvgIpc) is 3.35. The third-order valence-electron chi connectivity index (χ3n) is 4.80. The Bertz CT molecular complexity index is 1190. The summed E-state index contributed by atoms with van der Waals surface area (Å²) in [5.41, 5.74) is 4.26. The first kappa shape index (κ1) is 19.8. The van der Waals surface area contributed by atoms with Crippen molar-refractivity contribution < 1.29 is 18.0 Å². The minimum atomic E-state index is -4.23. The molecule has 0 bridgehead atoms. The molecule has 2 aromatic carbocycles. The van der Waals surface area contributed by atoms with Crippen LogP contribution in [-0.4, -0.2) is 26.8 Å². The van der Waals surface area contributed by atoms with Gasteiger partial charge in [0.2, 0.25) is 5.91 Å². The summed E-state index contributed by atoms with van der Waals surface area (Å²) in [5, 5.41) is 8.10. The second-order valence-electron chi connectivity index (χ2n) is 7.00. The summed E-state index contributed by atoms with van der Waals surface area (Å²) in [7, 11) is 0. The predicted octanol–water partition coefficient (Wildman–Crippen LogP) is 5.47. The number of aromatic amines is 1. The van der Waals surface area contributed by atoms with E-state index in [9.17, 15) is 18.0 Å². The molecule has 30 heavy (non-hydrogen) atoms. The molecule has 0 aliphatic rings. The highest BCUT2D eigenvalue weighted by Gasteiger charge is 2.27. The molecule has 0 fully saturated rings. The summed E-state index contributed by atoms with van der Waals surface area (Å²) in [6.45, 7) is 1.79. The van der Waals surface area contributed by atoms with E-state index >= 15 is 0 Å². The number of alkyl halides is 3. The highest BCUT2D eigenvalue weighted by molar-refractivity contribution is 6.02. The van der Waals surface area contributed by atoms with E-state index < -0.39 is 12.6 Å². The van der Waals surface area contributed by atoms with Crippen molar-refractivity contribution in [2.75, 3.05) is 5.32 Å². The van der Waals surface area contributed by atoms with Crippen LogP contribution in [0.15, 0.2) is 61.1 Å². The van der Waals surface area contributed by atoms with Crippen LogP contribution in [-0.2, 0) is 11.2 Å². The third-order valence-corrected chi connectivity index (χ3v) is 4.80. The first-order valence-corrected chi connectivity index (χ1v) is 9.44. The van der Waals surface area contributed by atoms with Crippen molar-refractivity contribution in [1.29, 1.82) is 0 Å². The number of benzene rings is 2. The monoisotopic (exact) mass is 412 g/mol. The van der Waals surface area contributed by atoms with Gasteiger partial charge in [-0.25, -0.2) is 4.68 Å². The fraction of sp³-hybridized carbons (Fsp3) is 0.182. The summed E-state index contributed by atoms with van der Waals surface area (Å²) in [6.07, 6.45) is 0.478. The van der Waals surface area contributed by atoms with Crippen molar-refractivity contribution in [2.45, 2.75) is 25.9 Å². The van der Waals surface area contributed by atoms with Crippen molar-refractivity contribution in [2.24, 2.45) is 0 Å². The van der Waals surface area contributed by atoms with Gasteiger partial charge in [-0.05, 0) is 35.4 Å². The summed E-state index contributed by atoms with van der Waals surface area (Å²) in [5.74, 6) is -0.0666. The van der Waals surface area contributed by atoms with Crippen LogP contribution >= 0.6 is 0 Å². The van der Waals surface area contributed by atoms with Gasteiger partial charge in [0.15, 0.2) is 0 Å². The number of hydrogen-bond donors (Lipinski definition) is 2. The summed E-state index contributed by atoms with van der Waals surface area (Å²) >= 11 is 0. The molecule has 0 unspecified atom stereocenters. The van der Waals surface area contributed by atoms with E-state index in [1.807, 2.05) is 24.4 Å². The van der Waals surface area contributed by atoms with Crippen LogP contribution in [0.1, 0.15) is 18.9 Å². The Morgan fingerprint density at radius 2 is 1.90 bits per heavy atom. The summed E-state index contributed by atoms with van der Waals surface area (Å²) < 4.78 is 39.2. The predicted molar refractivity (Wildman–Crippen MR) is 110 cm³/mol. The van der Waals surface area contributed by atoms with E-state index in [0.717, 1.165) is 22.0 Å². The lowest BCUT2D eigenvalue weighted by molar-refractivity contribution is -0.127. The SMILES string of the molecule is CCC(=O)Nc1c[nH]c2ccc(-c3cnn(-c4ccc(CC(F)(F)F)cc4)c3)cc12. The molecule has 154 valence electrons. The molecule has 0 radical (unpaired) electrons. The number of hydrogen-bond acceptors (Lipinski definition) is 2. The first-order chi connectivity index (χ1) is 14.3. The molecule has 4 aromatic rings. The fourth-order valence-corrected chi connectivity index (χ4v) is 3.25. The number of rotatable bonds is 5. The zero-order valence-corrected chi connectivity index (χ0v) is 16.1. The van der Waals surface area contributed by atoms with Crippen LogP contribution in [0.3, 0.4) is 0 Å². The first-order valence-electron chi connectivity index (χ1n) is 9.44. The number of aromatic nitrogens is 3. The van der Waals surface area contributed by atoms with Gasteiger partial charge in [0.1, 0.15) is 0 Å². The number of H-pyrrole nitrogens is 1. The number of halogens is 3. The highest BCUT2D eigenvalue weighted by Crippen LogP contribution is 2.29. The number of nitrogens with one attached hydrogen (secondary N) is 2. The zero-order chi connectivity index (χ0) is 21.3. The number of anilines is 1. The Balaban J connectivity index is 1.60. The quantitative estimate of drug-likeness (QED) is 0.456. The zero-order valence-electron chi connectivity index (χ0n) is 16.1. The van der Waals surface area contributed by atoms with E-state index in [1.165, 1.54) is 12.1 Å². The molecule has 4 rings (SSSR count). The molecule has 0 spiro atoms. The van der Waals surface area contributed by atoms with Crippen LogP contribution in [0.5, 0.6) is 0 Å². The van der Waals surface area contributed by atoms with E-state index in [0.29, 0.717) is 17.8 Å². The molecule has 0 saturated carbocycles. The van der Waals surface area contributed by atoms with Crippen LogP contribution < -0.4 is 5.32 Å². The van der Waals surface area contributed by atoms with Crippen molar-refractivity contribution >= 4 is 22.5 Å². The smallest absolute Gasteiger partial charge is 0.359 e. The third kappa shape index (κ3) is 4.22. The van der Waals surface area contributed by atoms with Crippen molar-refractivity contribution in [3.63, 3.8) is 0 Å². The lowest BCUT2D eigenvalue weighted by atomic mass is 10.1. The maximum Gasteiger partial charge on any atom is 0.393 e. The van der Waals surface area contributed by atoms with Gasteiger partial charge in [0.05, 0.1) is 24.0 Å². The number of nitrogens with zero attached hydrogens (tertiary/aromatic N) is 2. The maximum atomic E-state index is 12.5. The lowest BCUT2D eigenvalue weighted by Crippen LogP contribution is -2.11. The molecule has 0 aliphatic heterocycles. The van der Waals surface area contributed by atoms with Crippen molar-refractivity contribution in [3.8, 4) is 16.8 Å². The number of fused-ring (bicyclic) bond motifs is 1. The highest BCUT2D eigenvalue weighted by atomic mass is 19.4. The molecule has 0 aliphatic carbocycles. The van der Waals surface area contributed by atoms with Crippen LogP contribution in [0.25, 0.3) is 27.7 Å². The van der Waals surface area contributed by atoms with Gasteiger partial charge >= 0.3 is 6.18 Å². The Morgan fingerprint density at radius 1 is 1.13 bits per heavy atom. The standard InChI is InChI=1S/C22H19F3N4O/c1-2-21(30)28-20-12-26-19-8-5-15(9-18(19)20)16-11-27-29(13-16)17-6-3-14(4-7-17)10-22(23,24)25/h3-9,11-13,26H,2,10H2,1H3,(H,28,30). The molecule has 0 saturated heterocycles. The Kier molecular flexibility index (Phi) is 5.07. The maximum absolute atomic E-state index is 12.5. The minimum Gasteiger partial charge on any atom is -0.359 e. The van der Waals surface area contributed by atoms with Gasteiger partial charge in [-0.3, -0.25) is 4.79 Å². The van der Waals surface area contributed by atoms with Crippen molar-refractivity contribution in [1.82, 2.24) is 14.8 Å². The van der Waals surface area contributed by atoms with Gasteiger partial charge in [0, 0.05) is 35.3 Å². The van der Waals surface area contributed by atoms with E-state index in [4.69, 9.17) is 0 Å². The van der Waals surface area contributed by atoms with Crippen molar-refractivity contribution in [3.05, 3.63) is 66.6 Å². The molecular formula is C22H19F3N4O. The molecule has 1 amide bonds. The van der Waals surface area contributed by atoms with E-state index in [1.54, 1.807) is 36.1 Å². The molecule has 0 atom stereocenters. The topological polar surface area (TPSA) is 62.7 Å². The molecule has 2 N–H and O–H groups in total. The minimum absolute atomic E-state index is 0.0666. The number of carbonyl (C=O) groups excluding carboxylic acids is 1. The second kappa shape index (κ2) is 7.70. The van der Waals surface area contributed by atoms with Gasteiger partial charge in [-0.1, -0.05) is 25.1 Å². The second-order valence-corrected chi connectivity index (χ2v) is 7.00. The molecular weight excluding hydrogens is 393 g/mol. The molecule has 5 nitrogen and oxygen atoms in total. The summed E-state index contributed by atoms with van der Waals surface area (Å²) in [4.78, 5) is 14.9. The van der Waals surface area contributed by atoms with Gasteiger partial charge in [-0.2, -0.15) is 18.3 Å². The Hall–Kier alpha value is -3.55. The van der Waals surface area contributed by atoms with Crippen LogP contribution in [0, 0.1) is 0 Å². The number of amides is 1. The molecule has 2 heterocycles. The lowest BCUT2D eigenvalue weighted by Gasteiger charge is -2.07. The normalized spacial score (nSPS) is 11.7. The van der Waals surface area contributed by atoms with Crippen LogP contribution in [0.4, 0.5) is 18.9 Å².